The molecule has 5 heteroatoms. The number of methoxy groups -OCH3 is 1. The van der Waals surface area contributed by atoms with Gasteiger partial charge in [0.25, 0.3) is 0 Å². The maximum atomic E-state index is 6.07. The fraction of sp³-hybridized carbons (Fsp3) is 0.118. The van der Waals surface area contributed by atoms with Gasteiger partial charge in [-0.15, -0.1) is 11.3 Å². The first-order valence-electron chi connectivity index (χ1n) is 6.79. The minimum atomic E-state index is 0.770. The number of hydrogen-bond acceptors (Lipinski definition) is 4. The van der Waals surface area contributed by atoms with Gasteiger partial charge in [-0.2, -0.15) is 0 Å². The van der Waals surface area contributed by atoms with E-state index in [0.29, 0.717) is 0 Å². The molecule has 0 aliphatic heterocycles. The monoisotopic (exact) mass is 330 g/mol. The lowest BCUT2D eigenvalue weighted by atomic mass is 10.1. The van der Waals surface area contributed by atoms with E-state index < -0.39 is 0 Å². The van der Waals surface area contributed by atoms with Gasteiger partial charge in [0.1, 0.15) is 5.75 Å². The maximum Gasteiger partial charge on any atom is 0.187 e. The van der Waals surface area contributed by atoms with Gasteiger partial charge >= 0.3 is 0 Å². The molecule has 0 spiro atoms. The number of nitrogens with one attached hydrogen (secondary N) is 1. The predicted octanol–water partition coefficient (Wildman–Crippen LogP) is 5.52. The average Bonchev–Trinajstić information content (AvgIpc) is 2.99. The summed E-state index contributed by atoms with van der Waals surface area (Å²) in [6.45, 7) is 1.99. The number of nitrogens with zero attached hydrogens (tertiary/aromatic N) is 1. The first kappa shape index (κ1) is 14.9. The van der Waals surface area contributed by atoms with Crippen molar-refractivity contribution in [3.63, 3.8) is 0 Å². The molecule has 0 aliphatic carbocycles. The summed E-state index contributed by atoms with van der Waals surface area (Å²) in [7, 11) is 1.66. The number of aromatic nitrogens is 1. The third-order valence-electron chi connectivity index (χ3n) is 3.31. The second-order valence-corrected chi connectivity index (χ2v) is 6.09. The molecule has 1 heterocycles. The Morgan fingerprint density at radius 1 is 1.18 bits per heavy atom. The summed E-state index contributed by atoms with van der Waals surface area (Å²) in [4.78, 5) is 4.63. The van der Waals surface area contributed by atoms with Crippen molar-refractivity contribution < 1.29 is 4.74 Å². The van der Waals surface area contributed by atoms with Crippen LogP contribution in [0.5, 0.6) is 5.75 Å². The van der Waals surface area contributed by atoms with Crippen LogP contribution in [-0.4, -0.2) is 12.1 Å². The Morgan fingerprint density at radius 2 is 2.00 bits per heavy atom. The van der Waals surface area contributed by atoms with Crippen molar-refractivity contribution in [2.45, 2.75) is 6.92 Å². The summed E-state index contributed by atoms with van der Waals surface area (Å²) in [6, 6.07) is 13.7. The molecule has 2 aromatic carbocycles. The number of benzene rings is 2. The largest absolute Gasteiger partial charge is 0.495 e. The van der Waals surface area contributed by atoms with Crippen molar-refractivity contribution in [3.8, 4) is 17.0 Å². The molecule has 0 saturated carbocycles. The van der Waals surface area contributed by atoms with E-state index in [2.05, 4.69) is 10.3 Å². The van der Waals surface area contributed by atoms with Gasteiger partial charge < -0.3 is 10.1 Å². The van der Waals surface area contributed by atoms with Gasteiger partial charge in [0.05, 0.1) is 18.5 Å². The van der Waals surface area contributed by atoms with Gasteiger partial charge in [-0.3, -0.25) is 0 Å². The third kappa shape index (κ3) is 3.08. The van der Waals surface area contributed by atoms with Crippen molar-refractivity contribution in [2.24, 2.45) is 0 Å². The molecular weight excluding hydrogens is 316 g/mol. The molecule has 112 valence electrons. The Hall–Kier alpha value is -2.04. The van der Waals surface area contributed by atoms with Crippen molar-refractivity contribution in [3.05, 3.63) is 58.4 Å². The first-order valence-corrected chi connectivity index (χ1v) is 8.05. The molecule has 0 atom stereocenters. The molecule has 0 aliphatic rings. The SMILES string of the molecule is COc1ccccc1Nc1nc(-c2ccc(Cl)c(C)c2)cs1. The van der Waals surface area contributed by atoms with Crippen LogP contribution >= 0.6 is 22.9 Å². The zero-order chi connectivity index (χ0) is 15.5. The van der Waals surface area contributed by atoms with Crippen LogP contribution in [0.3, 0.4) is 0 Å². The highest BCUT2D eigenvalue weighted by atomic mass is 35.5. The van der Waals surface area contributed by atoms with Crippen LogP contribution in [0.4, 0.5) is 10.8 Å². The Kier molecular flexibility index (Phi) is 4.32. The number of halogens is 1. The van der Waals surface area contributed by atoms with Crippen molar-refractivity contribution in [2.75, 3.05) is 12.4 Å². The van der Waals surface area contributed by atoms with Crippen LogP contribution in [-0.2, 0) is 0 Å². The molecule has 0 saturated heterocycles. The minimum absolute atomic E-state index is 0.770. The van der Waals surface area contributed by atoms with E-state index >= 15 is 0 Å². The fourth-order valence-corrected chi connectivity index (χ4v) is 2.98. The van der Waals surface area contributed by atoms with Crippen molar-refractivity contribution in [1.82, 2.24) is 4.98 Å². The van der Waals surface area contributed by atoms with E-state index in [0.717, 1.165) is 38.4 Å². The Balaban J connectivity index is 1.86. The quantitative estimate of drug-likeness (QED) is 0.683. The highest BCUT2D eigenvalue weighted by Gasteiger charge is 2.08. The van der Waals surface area contributed by atoms with Crippen LogP contribution < -0.4 is 10.1 Å². The average molecular weight is 331 g/mol. The lowest BCUT2D eigenvalue weighted by molar-refractivity contribution is 0.417. The molecule has 0 radical (unpaired) electrons. The molecule has 0 bridgehead atoms. The second-order valence-electron chi connectivity index (χ2n) is 4.83. The molecule has 3 aromatic rings. The van der Waals surface area contributed by atoms with Gasteiger partial charge in [0, 0.05) is 16.0 Å². The Morgan fingerprint density at radius 3 is 2.77 bits per heavy atom. The standard InChI is InChI=1S/C17H15ClN2OS/c1-11-9-12(7-8-13(11)18)15-10-22-17(20-15)19-14-5-3-4-6-16(14)21-2/h3-10H,1-2H3,(H,19,20). The van der Waals surface area contributed by atoms with Gasteiger partial charge in [-0.25, -0.2) is 4.98 Å². The number of ether oxygens (including phenoxy) is 1. The third-order valence-corrected chi connectivity index (χ3v) is 4.49. The molecule has 1 aromatic heterocycles. The molecule has 3 rings (SSSR count). The zero-order valence-corrected chi connectivity index (χ0v) is 13.8. The van der Waals surface area contributed by atoms with E-state index in [9.17, 15) is 0 Å². The van der Waals surface area contributed by atoms with Gasteiger partial charge in [-0.05, 0) is 36.8 Å². The zero-order valence-electron chi connectivity index (χ0n) is 12.3. The summed E-state index contributed by atoms with van der Waals surface area (Å²) >= 11 is 7.63. The molecule has 1 N–H and O–H groups in total. The van der Waals surface area contributed by atoms with Crippen LogP contribution in [0.25, 0.3) is 11.3 Å². The molecular formula is C17H15ClN2OS. The lowest BCUT2D eigenvalue weighted by Gasteiger charge is -2.08. The van der Waals surface area contributed by atoms with Gasteiger partial charge in [0.2, 0.25) is 0 Å². The lowest BCUT2D eigenvalue weighted by Crippen LogP contribution is -1.93. The van der Waals surface area contributed by atoms with E-state index in [1.165, 1.54) is 0 Å². The fourth-order valence-electron chi connectivity index (χ4n) is 2.13. The van der Waals surface area contributed by atoms with Crippen molar-refractivity contribution in [1.29, 1.82) is 0 Å². The number of rotatable bonds is 4. The first-order chi connectivity index (χ1) is 10.7. The maximum absolute atomic E-state index is 6.07. The van der Waals surface area contributed by atoms with E-state index in [-0.39, 0.29) is 0 Å². The smallest absolute Gasteiger partial charge is 0.187 e. The molecule has 0 amide bonds. The highest BCUT2D eigenvalue weighted by Crippen LogP contribution is 2.32. The number of thiazole rings is 1. The number of para-hydroxylation sites is 2. The number of hydrogen-bond donors (Lipinski definition) is 1. The van der Waals surface area contributed by atoms with Crippen LogP contribution in [0.15, 0.2) is 47.8 Å². The number of aryl methyl sites for hydroxylation is 1. The molecule has 0 fully saturated rings. The Bertz CT molecular complexity index is 801. The summed E-state index contributed by atoms with van der Waals surface area (Å²) in [6.07, 6.45) is 0. The van der Waals surface area contributed by atoms with Crippen molar-refractivity contribution >= 4 is 33.8 Å². The van der Waals surface area contributed by atoms with Gasteiger partial charge in [0.15, 0.2) is 5.13 Å². The van der Waals surface area contributed by atoms with Crippen LogP contribution in [0.2, 0.25) is 5.02 Å². The van der Waals surface area contributed by atoms with Crippen LogP contribution in [0.1, 0.15) is 5.56 Å². The van der Waals surface area contributed by atoms with E-state index in [1.807, 2.05) is 54.8 Å². The van der Waals surface area contributed by atoms with Crippen LogP contribution in [0, 0.1) is 6.92 Å². The summed E-state index contributed by atoms with van der Waals surface area (Å²) < 4.78 is 5.34. The summed E-state index contributed by atoms with van der Waals surface area (Å²) in [5, 5.41) is 6.92. The Labute approximate surface area is 138 Å². The summed E-state index contributed by atoms with van der Waals surface area (Å²) in [5.74, 6) is 0.793. The minimum Gasteiger partial charge on any atom is -0.495 e. The highest BCUT2D eigenvalue weighted by molar-refractivity contribution is 7.14. The number of anilines is 2. The topological polar surface area (TPSA) is 34.1 Å². The molecule has 0 unspecified atom stereocenters. The normalized spacial score (nSPS) is 10.5. The van der Waals surface area contributed by atoms with E-state index in [1.54, 1.807) is 18.4 Å². The second kappa shape index (κ2) is 6.38. The van der Waals surface area contributed by atoms with E-state index in [4.69, 9.17) is 16.3 Å². The molecule has 22 heavy (non-hydrogen) atoms. The van der Waals surface area contributed by atoms with Gasteiger partial charge in [-0.1, -0.05) is 29.8 Å². The predicted molar refractivity (Wildman–Crippen MR) is 93.6 cm³/mol. The molecule has 3 nitrogen and oxygen atoms in total. The summed E-state index contributed by atoms with van der Waals surface area (Å²) in [5.41, 5.74) is 3.94.